The molecule has 2 heteroatoms. The van der Waals surface area contributed by atoms with E-state index in [4.69, 9.17) is 0 Å². The third-order valence-corrected chi connectivity index (χ3v) is 12.7. The van der Waals surface area contributed by atoms with Crippen LogP contribution in [-0.4, -0.2) is 4.57 Å². The van der Waals surface area contributed by atoms with E-state index in [1.165, 1.54) is 82.3 Å². The fourth-order valence-corrected chi connectivity index (χ4v) is 9.69. The van der Waals surface area contributed by atoms with E-state index in [1.807, 2.05) is 0 Å². The van der Waals surface area contributed by atoms with E-state index in [0.717, 1.165) is 28.3 Å². The first-order valence-corrected chi connectivity index (χ1v) is 22.0. The molecular formula is C62H42N2. The fourth-order valence-electron chi connectivity index (χ4n) is 9.69. The lowest BCUT2D eigenvalue weighted by Gasteiger charge is -2.27. The fraction of sp³-hybridized carbons (Fsp3) is 0. The Bertz CT molecular complexity index is 3640. The van der Waals surface area contributed by atoms with Gasteiger partial charge in [0, 0.05) is 33.5 Å². The second-order valence-electron chi connectivity index (χ2n) is 16.5. The lowest BCUT2D eigenvalue weighted by molar-refractivity contribution is 1.18. The van der Waals surface area contributed by atoms with Crippen molar-refractivity contribution in [2.24, 2.45) is 0 Å². The number of anilines is 3. The predicted octanol–water partition coefficient (Wildman–Crippen LogP) is 17.2. The molecular weight excluding hydrogens is 773 g/mol. The van der Waals surface area contributed by atoms with Gasteiger partial charge in [-0.3, -0.25) is 0 Å². The Balaban J connectivity index is 0.980. The molecule has 0 unspecified atom stereocenters. The largest absolute Gasteiger partial charge is 0.310 e. The molecule has 0 fully saturated rings. The normalized spacial score (nSPS) is 11.4. The molecule has 0 saturated carbocycles. The van der Waals surface area contributed by atoms with Crippen LogP contribution < -0.4 is 4.90 Å². The molecule has 1 heterocycles. The lowest BCUT2D eigenvalue weighted by atomic mass is 9.96. The van der Waals surface area contributed by atoms with Crippen molar-refractivity contribution in [3.8, 4) is 50.2 Å². The highest BCUT2D eigenvalue weighted by molar-refractivity contribution is 6.18. The highest BCUT2D eigenvalue weighted by Crippen LogP contribution is 2.43. The molecule has 0 bridgehead atoms. The van der Waals surface area contributed by atoms with Crippen LogP contribution in [0.2, 0.25) is 0 Å². The van der Waals surface area contributed by atoms with E-state index in [1.54, 1.807) is 0 Å². The highest BCUT2D eigenvalue weighted by atomic mass is 15.1. The zero-order valence-corrected chi connectivity index (χ0v) is 35.1. The Morgan fingerprint density at radius 3 is 1.53 bits per heavy atom. The molecule has 0 spiro atoms. The summed E-state index contributed by atoms with van der Waals surface area (Å²) in [4.78, 5) is 2.39. The topological polar surface area (TPSA) is 8.17 Å². The van der Waals surface area contributed by atoms with Gasteiger partial charge in [-0.15, -0.1) is 0 Å². The Kier molecular flexibility index (Phi) is 9.20. The molecule has 12 rings (SSSR count). The summed E-state index contributed by atoms with van der Waals surface area (Å²) < 4.78 is 2.42. The van der Waals surface area contributed by atoms with Crippen molar-refractivity contribution in [3.63, 3.8) is 0 Å². The zero-order valence-electron chi connectivity index (χ0n) is 35.1. The van der Waals surface area contributed by atoms with Crippen molar-refractivity contribution < 1.29 is 0 Å². The van der Waals surface area contributed by atoms with E-state index in [-0.39, 0.29) is 0 Å². The summed E-state index contributed by atoms with van der Waals surface area (Å²) in [5.41, 5.74) is 16.4. The first kappa shape index (κ1) is 37.3. The van der Waals surface area contributed by atoms with Crippen LogP contribution in [0.4, 0.5) is 17.1 Å². The number of hydrogen-bond acceptors (Lipinski definition) is 1. The van der Waals surface area contributed by atoms with Gasteiger partial charge in [-0.2, -0.15) is 0 Å². The van der Waals surface area contributed by atoms with Gasteiger partial charge >= 0.3 is 0 Å². The number of hydrogen-bond donors (Lipinski definition) is 0. The Morgan fingerprint density at radius 1 is 0.266 bits per heavy atom. The maximum Gasteiger partial charge on any atom is 0.0547 e. The summed E-state index contributed by atoms with van der Waals surface area (Å²) in [6, 6.07) is 92.7. The molecule has 0 aliphatic carbocycles. The minimum absolute atomic E-state index is 1.09. The van der Waals surface area contributed by atoms with Crippen molar-refractivity contribution in [2.75, 3.05) is 4.90 Å². The van der Waals surface area contributed by atoms with Crippen LogP contribution in [0.25, 0.3) is 93.5 Å². The molecule has 0 atom stereocenters. The number of aromatic nitrogens is 1. The molecule has 0 radical (unpaired) electrons. The molecule has 2 nitrogen and oxygen atoms in total. The van der Waals surface area contributed by atoms with Gasteiger partial charge in [-0.25, -0.2) is 0 Å². The van der Waals surface area contributed by atoms with Gasteiger partial charge in [0.15, 0.2) is 0 Å². The van der Waals surface area contributed by atoms with Crippen molar-refractivity contribution in [2.45, 2.75) is 0 Å². The minimum Gasteiger partial charge on any atom is -0.310 e. The van der Waals surface area contributed by atoms with Gasteiger partial charge in [0.1, 0.15) is 0 Å². The van der Waals surface area contributed by atoms with Gasteiger partial charge < -0.3 is 9.47 Å². The van der Waals surface area contributed by atoms with Crippen LogP contribution in [0.3, 0.4) is 0 Å². The first-order chi connectivity index (χ1) is 31.7. The summed E-state index contributed by atoms with van der Waals surface area (Å²) in [5, 5.41) is 7.48. The summed E-state index contributed by atoms with van der Waals surface area (Å²) in [6.45, 7) is 0. The predicted molar refractivity (Wildman–Crippen MR) is 272 cm³/mol. The third kappa shape index (κ3) is 6.61. The smallest absolute Gasteiger partial charge is 0.0547 e. The maximum absolute atomic E-state index is 2.42. The standard InChI is InChI=1S/C62H42N2/c1-3-15-43(16-4-1)48-21-11-25-54(39-48)63(53-37-35-45(36-38-53)44-31-33-47(34-32-44)57-28-13-20-46-17-9-10-27-56(46)57)55-26-12-22-51(40-55)58-29-14-30-60-62(58)59-41-49-18-7-8-19-50(49)42-61(59)64(60)52-23-5-2-6-24-52/h1-42H. The van der Waals surface area contributed by atoms with Crippen molar-refractivity contribution in [1.82, 2.24) is 4.57 Å². The number of fused-ring (bicyclic) bond motifs is 5. The molecule has 0 saturated heterocycles. The van der Waals surface area contributed by atoms with Crippen LogP contribution in [0.15, 0.2) is 255 Å². The van der Waals surface area contributed by atoms with Crippen LogP contribution in [-0.2, 0) is 0 Å². The van der Waals surface area contributed by atoms with E-state index in [0.29, 0.717) is 0 Å². The maximum atomic E-state index is 2.42. The molecule has 300 valence electrons. The number of para-hydroxylation sites is 1. The summed E-state index contributed by atoms with van der Waals surface area (Å²) >= 11 is 0. The number of benzene rings is 11. The quantitative estimate of drug-likeness (QED) is 0.148. The monoisotopic (exact) mass is 814 g/mol. The Morgan fingerprint density at radius 2 is 0.781 bits per heavy atom. The first-order valence-electron chi connectivity index (χ1n) is 22.0. The average molecular weight is 815 g/mol. The lowest BCUT2D eigenvalue weighted by Crippen LogP contribution is -2.10. The summed E-state index contributed by atoms with van der Waals surface area (Å²) in [7, 11) is 0. The van der Waals surface area contributed by atoms with Crippen molar-refractivity contribution in [3.05, 3.63) is 255 Å². The second kappa shape index (κ2) is 15.8. The number of rotatable bonds is 8. The van der Waals surface area contributed by atoms with Gasteiger partial charge in [-0.1, -0.05) is 188 Å². The van der Waals surface area contributed by atoms with Gasteiger partial charge in [0.05, 0.1) is 11.0 Å². The van der Waals surface area contributed by atoms with E-state index < -0.39 is 0 Å². The van der Waals surface area contributed by atoms with Gasteiger partial charge in [0.25, 0.3) is 0 Å². The average Bonchev–Trinajstić information content (AvgIpc) is 3.70. The third-order valence-electron chi connectivity index (χ3n) is 12.7. The molecule has 0 N–H and O–H groups in total. The van der Waals surface area contributed by atoms with Crippen LogP contribution >= 0.6 is 0 Å². The van der Waals surface area contributed by atoms with Gasteiger partial charge in [-0.05, 0) is 133 Å². The molecule has 1 aromatic heterocycles. The highest BCUT2D eigenvalue weighted by Gasteiger charge is 2.20. The SMILES string of the molecule is c1ccc(-c2cccc(N(c3ccc(-c4ccc(-c5cccc6ccccc56)cc4)cc3)c3cccc(-c4cccc5c4c4cc6ccccc6cc4n5-c4ccccc4)c3)c2)cc1. The molecule has 0 aliphatic rings. The number of nitrogens with zero attached hydrogens (tertiary/aromatic N) is 2. The Labute approximate surface area is 373 Å². The molecule has 0 aliphatic heterocycles. The zero-order chi connectivity index (χ0) is 42.4. The van der Waals surface area contributed by atoms with Crippen molar-refractivity contribution in [1.29, 1.82) is 0 Å². The van der Waals surface area contributed by atoms with E-state index >= 15 is 0 Å². The van der Waals surface area contributed by atoms with Crippen LogP contribution in [0.1, 0.15) is 0 Å². The molecule has 0 amide bonds. The molecule has 64 heavy (non-hydrogen) atoms. The van der Waals surface area contributed by atoms with E-state index in [2.05, 4.69) is 264 Å². The summed E-state index contributed by atoms with van der Waals surface area (Å²) in [5.74, 6) is 0. The minimum atomic E-state index is 1.09. The van der Waals surface area contributed by atoms with E-state index in [9.17, 15) is 0 Å². The Hall–Kier alpha value is -8.46. The second-order valence-corrected chi connectivity index (χ2v) is 16.5. The summed E-state index contributed by atoms with van der Waals surface area (Å²) in [6.07, 6.45) is 0. The van der Waals surface area contributed by atoms with Crippen LogP contribution in [0.5, 0.6) is 0 Å². The van der Waals surface area contributed by atoms with Crippen molar-refractivity contribution >= 4 is 60.4 Å². The molecule has 11 aromatic carbocycles. The van der Waals surface area contributed by atoms with Gasteiger partial charge in [0.2, 0.25) is 0 Å². The molecule has 12 aromatic rings. The van der Waals surface area contributed by atoms with Crippen LogP contribution in [0, 0.1) is 0 Å².